The predicted molar refractivity (Wildman–Crippen MR) is 66.9 cm³/mol. The number of halogens is 1. The summed E-state index contributed by atoms with van der Waals surface area (Å²) >= 11 is 5.75. The van der Waals surface area contributed by atoms with Crippen LogP contribution in [0.15, 0.2) is 46.9 Å². The van der Waals surface area contributed by atoms with Crippen molar-refractivity contribution in [1.29, 1.82) is 0 Å². The Hall–Kier alpha value is -2.20. The van der Waals surface area contributed by atoms with Crippen molar-refractivity contribution in [1.82, 2.24) is 0 Å². The van der Waals surface area contributed by atoms with Gasteiger partial charge in [0.15, 0.2) is 0 Å². The summed E-state index contributed by atoms with van der Waals surface area (Å²) in [6, 6.07) is 10.0. The zero-order valence-electron chi connectivity index (χ0n) is 9.17. The van der Waals surface area contributed by atoms with Gasteiger partial charge in [-0.05, 0) is 36.4 Å². The highest BCUT2D eigenvalue weighted by molar-refractivity contribution is 6.30. The van der Waals surface area contributed by atoms with Gasteiger partial charge in [-0.1, -0.05) is 11.6 Å². The van der Waals surface area contributed by atoms with Crippen LogP contribution >= 0.6 is 11.6 Å². The van der Waals surface area contributed by atoms with Crippen molar-refractivity contribution in [3.63, 3.8) is 0 Å². The summed E-state index contributed by atoms with van der Waals surface area (Å²) in [7, 11) is 0. The topological polar surface area (TPSA) is 59.7 Å². The van der Waals surface area contributed by atoms with E-state index in [2.05, 4.69) is 0 Å². The second-order valence-electron chi connectivity index (χ2n) is 3.38. The molecule has 0 amide bonds. The van der Waals surface area contributed by atoms with E-state index < -0.39 is 5.97 Å². The molecule has 5 heteroatoms. The molecule has 0 aliphatic heterocycles. The molecule has 2 rings (SSSR count). The maximum atomic E-state index is 10.3. The van der Waals surface area contributed by atoms with Gasteiger partial charge in [0.05, 0.1) is 0 Å². The fourth-order valence-corrected chi connectivity index (χ4v) is 1.38. The van der Waals surface area contributed by atoms with Crippen LogP contribution in [0.1, 0.15) is 5.76 Å². The van der Waals surface area contributed by atoms with Crippen LogP contribution in [0.3, 0.4) is 0 Å². The van der Waals surface area contributed by atoms with E-state index in [0.717, 1.165) is 6.08 Å². The van der Waals surface area contributed by atoms with E-state index in [1.165, 1.54) is 6.08 Å². The number of ether oxygens (including phenoxy) is 1. The molecule has 0 spiro atoms. The molecule has 2 aromatic rings. The number of carbonyl (C=O) groups is 1. The van der Waals surface area contributed by atoms with Gasteiger partial charge in [-0.25, -0.2) is 4.79 Å². The molecule has 0 fully saturated rings. The largest absolute Gasteiger partial charge is 0.478 e. The van der Waals surface area contributed by atoms with Crippen molar-refractivity contribution in [2.75, 3.05) is 0 Å². The molecule has 0 aliphatic rings. The van der Waals surface area contributed by atoms with E-state index in [4.69, 9.17) is 25.9 Å². The summed E-state index contributed by atoms with van der Waals surface area (Å²) in [6.07, 6.45) is 2.34. The number of furan rings is 1. The van der Waals surface area contributed by atoms with E-state index in [-0.39, 0.29) is 5.95 Å². The van der Waals surface area contributed by atoms with Crippen molar-refractivity contribution in [2.45, 2.75) is 0 Å². The second kappa shape index (κ2) is 5.42. The van der Waals surface area contributed by atoms with Crippen molar-refractivity contribution in [2.24, 2.45) is 0 Å². The maximum Gasteiger partial charge on any atom is 0.328 e. The lowest BCUT2D eigenvalue weighted by Gasteiger charge is -2.00. The Labute approximate surface area is 108 Å². The average Bonchev–Trinajstić information content (AvgIpc) is 2.77. The molecule has 92 valence electrons. The molecule has 0 atom stereocenters. The van der Waals surface area contributed by atoms with Gasteiger partial charge in [0.2, 0.25) is 0 Å². The third-order valence-corrected chi connectivity index (χ3v) is 2.28. The van der Waals surface area contributed by atoms with Gasteiger partial charge < -0.3 is 14.3 Å². The number of carboxylic acids is 1. The summed E-state index contributed by atoms with van der Waals surface area (Å²) in [5, 5.41) is 9.09. The minimum atomic E-state index is -1.04. The molecule has 0 bridgehead atoms. The summed E-state index contributed by atoms with van der Waals surface area (Å²) in [5.74, 6) is 0.234. The lowest BCUT2D eigenvalue weighted by atomic mass is 10.3. The Morgan fingerprint density at radius 3 is 2.61 bits per heavy atom. The molecule has 1 N–H and O–H groups in total. The number of hydrogen-bond acceptors (Lipinski definition) is 3. The molecule has 18 heavy (non-hydrogen) atoms. The Balaban J connectivity index is 2.06. The van der Waals surface area contributed by atoms with Crippen LogP contribution in [0.4, 0.5) is 0 Å². The standard InChI is InChI=1S/C13H9ClO4/c14-9-1-3-10(4-2-9)17-13-8-6-11(18-13)5-7-12(15)16/h1-8H,(H,15,16)/b7-5+. The Bertz CT molecular complexity index is 569. The van der Waals surface area contributed by atoms with Crippen LogP contribution < -0.4 is 4.74 Å². The van der Waals surface area contributed by atoms with Gasteiger partial charge in [0, 0.05) is 17.2 Å². The van der Waals surface area contributed by atoms with Gasteiger partial charge >= 0.3 is 5.97 Å². The van der Waals surface area contributed by atoms with Crippen LogP contribution in [0.2, 0.25) is 5.02 Å². The fourth-order valence-electron chi connectivity index (χ4n) is 1.25. The highest BCUT2D eigenvalue weighted by Crippen LogP contribution is 2.25. The van der Waals surface area contributed by atoms with Crippen LogP contribution in [0.5, 0.6) is 11.7 Å². The first-order valence-corrected chi connectivity index (χ1v) is 5.45. The van der Waals surface area contributed by atoms with Crippen molar-refractivity contribution < 1.29 is 19.1 Å². The normalized spacial score (nSPS) is 10.7. The summed E-state index contributed by atoms with van der Waals surface area (Å²) in [5.41, 5.74) is 0. The number of hydrogen-bond donors (Lipinski definition) is 1. The van der Waals surface area contributed by atoms with E-state index >= 15 is 0 Å². The van der Waals surface area contributed by atoms with E-state index in [1.54, 1.807) is 36.4 Å². The first-order valence-electron chi connectivity index (χ1n) is 5.08. The van der Waals surface area contributed by atoms with Crippen LogP contribution in [-0.2, 0) is 4.79 Å². The molecule has 4 nitrogen and oxygen atoms in total. The van der Waals surface area contributed by atoms with Crippen LogP contribution in [0.25, 0.3) is 6.08 Å². The molecule has 1 aromatic carbocycles. The first kappa shape index (κ1) is 12.3. The quantitative estimate of drug-likeness (QED) is 0.853. The molecule has 0 aliphatic carbocycles. The lowest BCUT2D eigenvalue weighted by molar-refractivity contribution is -0.131. The number of rotatable bonds is 4. The van der Waals surface area contributed by atoms with Crippen molar-refractivity contribution in [3.8, 4) is 11.7 Å². The Morgan fingerprint density at radius 2 is 1.94 bits per heavy atom. The number of benzene rings is 1. The van der Waals surface area contributed by atoms with E-state index in [0.29, 0.717) is 16.5 Å². The molecule has 1 aromatic heterocycles. The Kier molecular flexibility index (Phi) is 3.69. The van der Waals surface area contributed by atoms with Crippen LogP contribution in [-0.4, -0.2) is 11.1 Å². The number of aliphatic carboxylic acids is 1. The van der Waals surface area contributed by atoms with Gasteiger partial charge in [-0.15, -0.1) is 0 Å². The van der Waals surface area contributed by atoms with Crippen LogP contribution in [0, 0.1) is 0 Å². The fraction of sp³-hybridized carbons (Fsp3) is 0. The van der Waals surface area contributed by atoms with Gasteiger partial charge in [0.25, 0.3) is 5.95 Å². The predicted octanol–water partition coefficient (Wildman–Crippen LogP) is 3.82. The minimum absolute atomic E-state index is 0.280. The molecular weight excluding hydrogens is 256 g/mol. The average molecular weight is 265 g/mol. The monoisotopic (exact) mass is 264 g/mol. The van der Waals surface area contributed by atoms with Gasteiger partial charge in [-0.2, -0.15) is 0 Å². The van der Waals surface area contributed by atoms with Gasteiger partial charge in [0.1, 0.15) is 11.5 Å². The number of carboxylic acid groups (broad SMARTS) is 1. The summed E-state index contributed by atoms with van der Waals surface area (Å²) in [4.78, 5) is 10.3. The lowest BCUT2D eigenvalue weighted by Crippen LogP contribution is -1.84. The minimum Gasteiger partial charge on any atom is -0.478 e. The molecular formula is C13H9ClO4. The zero-order chi connectivity index (χ0) is 13.0. The van der Waals surface area contributed by atoms with Crippen molar-refractivity contribution >= 4 is 23.6 Å². The molecule has 0 saturated carbocycles. The zero-order valence-corrected chi connectivity index (χ0v) is 9.92. The SMILES string of the molecule is O=C(O)/C=C/c1ccc(Oc2ccc(Cl)cc2)o1. The highest BCUT2D eigenvalue weighted by atomic mass is 35.5. The molecule has 0 saturated heterocycles. The maximum absolute atomic E-state index is 10.3. The molecule has 0 unspecified atom stereocenters. The molecule has 0 radical (unpaired) electrons. The summed E-state index contributed by atoms with van der Waals surface area (Å²) in [6.45, 7) is 0. The smallest absolute Gasteiger partial charge is 0.328 e. The third-order valence-electron chi connectivity index (χ3n) is 2.02. The van der Waals surface area contributed by atoms with E-state index in [1.807, 2.05) is 0 Å². The van der Waals surface area contributed by atoms with Gasteiger partial charge in [-0.3, -0.25) is 0 Å². The first-order chi connectivity index (χ1) is 8.63. The summed E-state index contributed by atoms with van der Waals surface area (Å²) < 4.78 is 10.7. The molecule has 1 heterocycles. The Morgan fingerprint density at radius 1 is 1.22 bits per heavy atom. The van der Waals surface area contributed by atoms with E-state index in [9.17, 15) is 4.79 Å². The second-order valence-corrected chi connectivity index (χ2v) is 3.82. The highest BCUT2D eigenvalue weighted by Gasteiger charge is 2.02. The third kappa shape index (κ3) is 3.40. The van der Waals surface area contributed by atoms with Crippen molar-refractivity contribution in [3.05, 3.63) is 53.3 Å².